The fourth-order valence-electron chi connectivity index (χ4n) is 0.767. The molecule has 0 rings (SSSR count). The van der Waals surface area contributed by atoms with Gasteiger partial charge >= 0.3 is 6.09 Å². The number of nitrogens with zero attached hydrogens (tertiary/aromatic N) is 4. The van der Waals surface area contributed by atoms with Crippen molar-refractivity contribution >= 4 is 57.7 Å². The van der Waals surface area contributed by atoms with Crippen LogP contribution in [0.1, 0.15) is 13.8 Å². The van der Waals surface area contributed by atoms with Crippen LogP contribution in [0.25, 0.3) is 0 Å². The summed E-state index contributed by atoms with van der Waals surface area (Å²) in [5.74, 6) is -0.342. The molecular weight excluding hydrogens is 348 g/mol. The monoisotopic (exact) mass is 368 g/mol. The Balaban J connectivity index is 4.25. The van der Waals surface area contributed by atoms with Crippen molar-refractivity contribution in [3.63, 3.8) is 0 Å². The molecule has 8 nitrogen and oxygen atoms in total. The minimum atomic E-state index is -0.685. The van der Waals surface area contributed by atoms with E-state index in [2.05, 4.69) is 10.3 Å². The Labute approximate surface area is 143 Å². The molecule has 0 unspecified atom stereocenters. The first-order valence-corrected chi connectivity index (χ1v) is 9.18. The van der Waals surface area contributed by atoms with E-state index < -0.39 is 6.09 Å². The van der Waals surface area contributed by atoms with Crippen LogP contribution in [0.4, 0.5) is 4.79 Å². The first-order chi connectivity index (χ1) is 10.3. The van der Waals surface area contributed by atoms with Gasteiger partial charge < -0.3 is 4.84 Å². The van der Waals surface area contributed by atoms with Gasteiger partial charge in [0.15, 0.2) is 6.61 Å². The van der Waals surface area contributed by atoms with E-state index >= 15 is 0 Å². The van der Waals surface area contributed by atoms with E-state index in [-0.39, 0.29) is 12.5 Å². The molecule has 0 aromatic heterocycles. The van der Waals surface area contributed by atoms with E-state index in [0.717, 1.165) is 16.4 Å². The minimum Gasteiger partial charge on any atom is -0.385 e. The van der Waals surface area contributed by atoms with Crippen molar-refractivity contribution < 1.29 is 19.3 Å². The molecule has 0 aromatic rings. The predicted molar refractivity (Wildman–Crippen MR) is 93.8 cm³/mol. The SMILES string of the molecule is CS/C(C)=N/OCC(=O)N(C)SN(C)C(=O)O/N=C(\C)SC. The minimum absolute atomic E-state index is 0.214. The summed E-state index contributed by atoms with van der Waals surface area (Å²) < 4.78 is 2.39. The van der Waals surface area contributed by atoms with Crippen molar-refractivity contribution in [2.75, 3.05) is 33.2 Å². The first-order valence-electron chi connectivity index (χ1n) is 6.00. The predicted octanol–water partition coefficient (Wildman–Crippen LogP) is 2.49. The first kappa shape index (κ1) is 20.9. The molecule has 0 aliphatic carbocycles. The van der Waals surface area contributed by atoms with E-state index in [0.29, 0.717) is 10.1 Å². The molecule has 0 atom stereocenters. The van der Waals surface area contributed by atoms with Crippen LogP contribution >= 0.6 is 35.7 Å². The standard InChI is InChI=1S/C11H20N4O4S3/c1-8(20-5)12-18-7-10(16)14(3)22-15(4)11(17)19-13-9(2)21-6/h7H2,1-6H3/b12-8+,13-9+. The molecule has 0 fully saturated rings. The molecule has 0 heterocycles. The molecule has 0 aliphatic rings. The van der Waals surface area contributed by atoms with Gasteiger partial charge in [0, 0.05) is 14.1 Å². The van der Waals surface area contributed by atoms with E-state index in [4.69, 9.17) is 9.68 Å². The van der Waals surface area contributed by atoms with Gasteiger partial charge in [-0.25, -0.2) is 9.10 Å². The van der Waals surface area contributed by atoms with Crippen molar-refractivity contribution in [1.82, 2.24) is 8.61 Å². The lowest BCUT2D eigenvalue weighted by Crippen LogP contribution is -2.30. The molecule has 0 saturated heterocycles. The van der Waals surface area contributed by atoms with Gasteiger partial charge in [0.25, 0.3) is 5.91 Å². The number of oxime groups is 2. The van der Waals surface area contributed by atoms with Crippen LogP contribution in [0.3, 0.4) is 0 Å². The average molecular weight is 369 g/mol. The largest absolute Gasteiger partial charge is 0.447 e. The smallest absolute Gasteiger partial charge is 0.385 e. The van der Waals surface area contributed by atoms with Gasteiger partial charge in [-0.2, -0.15) is 0 Å². The fourth-order valence-corrected chi connectivity index (χ4v) is 1.62. The van der Waals surface area contributed by atoms with Crippen LogP contribution in [0.15, 0.2) is 10.3 Å². The Bertz CT molecular complexity index is 445. The molecule has 0 spiro atoms. The molecule has 0 aromatic carbocycles. The highest BCUT2D eigenvalue weighted by Gasteiger charge is 2.18. The normalized spacial score (nSPS) is 11.9. The maximum absolute atomic E-state index is 11.8. The number of carbonyl (C=O) groups is 2. The third kappa shape index (κ3) is 9.05. The number of carbonyl (C=O) groups excluding carboxylic acids is 2. The lowest BCUT2D eigenvalue weighted by molar-refractivity contribution is -0.130. The second-order valence-electron chi connectivity index (χ2n) is 3.73. The maximum atomic E-state index is 11.8. The van der Waals surface area contributed by atoms with Crippen LogP contribution in [0.5, 0.6) is 0 Å². The molecule has 0 bridgehead atoms. The second-order valence-corrected chi connectivity index (χ2v) is 6.99. The summed E-state index contributed by atoms with van der Waals surface area (Å²) in [5, 5.41) is 8.69. The highest BCUT2D eigenvalue weighted by molar-refractivity contribution is 8.13. The Morgan fingerprint density at radius 3 is 2.09 bits per heavy atom. The van der Waals surface area contributed by atoms with Gasteiger partial charge in [-0.3, -0.25) is 13.9 Å². The number of likely N-dealkylation sites (N-methyl/N-ethyl adjacent to an activating group) is 1. The lowest BCUT2D eigenvalue weighted by atomic mass is 10.7. The van der Waals surface area contributed by atoms with Crippen LogP contribution < -0.4 is 0 Å². The Morgan fingerprint density at radius 1 is 1.00 bits per heavy atom. The lowest BCUT2D eigenvalue weighted by Gasteiger charge is -2.20. The Hall–Kier alpha value is -1.07. The summed E-state index contributed by atoms with van der Waals surface area (Å²) in [6, 6.07) is 0. The van der Waals surface area contributed by atoms with Crippen molar-refractivity contribution in [1.29, 1.82) is 0 Å². The van der Waals surface area contributed by atoms with Crippen molar-refractivity contribution in [2.24, 2.45) is 10.3 Å². The number of rotatable bonds is 6. The van der Waals surface area contributed by atoms with Crippen molar-refractivity contribution in [3.05, 3.63) is 0 Å². The molecule has 22 heavy (non-hydrogen) atoms. The van der Waals surface area contributed by atoms with Gasteiger partial charge in [0.2, 0.25) is 0 Å². The fraction of sp³-hybridized carbons (Fsp3) is 0.636. The zero-order valence-electron chi connectivity index (χ0n) is 13.4. The third-order valence-corrected chi connectivity index (χ3v) is 4.25. The number of amides is 2. The van der Waals surface area contributed by atoms with Gasteiger partial charge in [-0.15, -0.1) is 23.5 Å². The molecular formula is C11H20N4O4S3. The molecule has 0 saturated carbocycles. The maximum Gasteiger partial charge on any atom is 0.447 e. The summed E-state index contributed by atoms with van der Waals surface area (Å²) in [6.45, 7) is 3.28. The van der Waals surface area contributed by atoms with E-state index in [1.165, 1.54) is 41.9 Å². The second kappa shape index (κ2) is 11.5. The molecule has 0 aliphatic heterocycles. The average Bonchev–Trinajstić information content (AvgIpc) is 2.51. The van der Waals surface area contributed by atoms with Gasteiger partial charge in [-0.05, 0) is 26.4 Å². The van der Waals surface area contributed by atoms with E-state index in [1.54, 1.807) is 13.8 Å². The van der Waals surface area contributed by atoms with Crippen LogP contribution in [-0.4, -0.2) is 63.9 Å². The van der Waals surface area contributed by atoms with Crippen molar-refractivity contribution in [3.8, 4) is 0 Å². The summed E-state index contributed by atoms with van der Waals surface area (Å²) in [5.41, 5.74) is 0. The number of thioether (sulfide) groups is 2. The summed E-state index contributed by atoms with van der Waals surface area (Å²) in [4.78, 5) is 33.0. The van der Waals surface area contributed by atoms with Crippen LogP contribution in [0.2, 0.25) is 0 Å². The molecule has 0 radical (unpaired) electrons. The van der Waals surface area contributed by atoms with Gasteiger partial charge in [0.1, 0.15) is 10.1 Å². The quantitative estimate of drug-likeness (QED) is 0.234. The van der Waals surface area contributed by atoms with Crippen molar-refractivity contribution in [2.45, 2.75) is 13.8 Å². The Morgan fingerprint density at radius 2 is 1.55 bits per heavy atom. The number of hydrogen-bond donors (Lipinski definition) is 0. The molecule has 126 valence electrons. The zero-order chi connectivity index (χ0) is 17.1. The van der Waals surface area contributed by atoms with Crippen LogP contribution in [-0.2, 0) is 14.5 Å². The van der Waals surface area contributed by atoms with E-state index in [9.17, 15) is 9.59 Å². The van der Waals surface area contributed by atoms with Crippen LogP contribution in [0, 0.1) is 0 Å². The molecule has 11 heteroatoms. The summed E-state index contributed by atoms with van der Waals surface area (Å²) in [7, 11) is 2.99. The highest BCUT2D eigenvalue weighted by atomic mass is 32.2. The van der Waals surface area contributed by atoms with E-state index in [1.807, 2.05) is 12.5 Å². The molecule has 0 N–H and O–H groups in total. The highest BCUT2D eigenvalue weighted by Crippen LogP contribution is 2.14. The third-order valence-electron chi connectivity index (χ3n) is 2.08. The molecule has 2 amide bonds. The summed E-state index contributed by atoms with van der Waals surface area (Å²) in [6.07, 6.45) is 2.99. The van der Waals surface area contributed by atoms with Gasteiger partial charge in [0.05, 0.1) is 12.1 Å². The zero-order valence-corrected chi connectivity index (χ0v) is 15.8. The summed E-state index contributed by atoms with van der Waals surface area (Å²) >= 11 is 3.66. The van der Waals surface area contributed by atoms with Gasteiger partial charge in [-0.1, -0.05) is 10.3 Å². The Kier molecular flexibility index (Phi) is 10.9. The topological polar surface area (TPSA) is 83.8 Å². The number of hydrogen-bond acceptors (Lipinski definition) is 9.